The van der Waals surface area contributed by atoms with Crippen molar-refractivity contribution in [3.8, 4) is 22.5 Å². The lowest BCUT2D eigenvalue weighted by molar-refractivity contribution is 0.439. The Hall–Kier alpha value is -2.70. The average Bonchev–Trinajstić information content (AvgIpc) is 2.96. The van der Waals surface area contributed by atoms with Crippen molar-refractivity contribution >= 4 is 5.88 Å². The van der Waals surface area contributed by atoms with Gasteiger partial charge >= 0.3 is 0 Å². The molecule has 102 valence electrons. The summed E-state index contributed by atoms with van der Waals surface area (Å²) in [5.41, 5.74) is 6.89. The van der Waals surface area contributed by atoms with Crippen LogP contribution in [0.4, 0.5) is 14.7 Å². The highest BCUT2D eigenvalue weighted by atomic mass is 19.1. The van der Waals surface area contributed by atoms with E-state index < -0.39 is 11.6 Å². The second kappa shape index (κ2) is 4.44. The highest BCUT2D eigenvalue weighted by Crippen LogP contribution is 2.36. The SMILES string of the molecule is Cn1ccc(-c2noc(N)c2-c2ccc(F)cc2F)n1. The quantitative estimate of drug-likeness (QED) is 0.781. The molecular weight excluding hydrogens is 266 g/mol. The molecule has 0 aliphatic heterocycles. The summed E-state index contributed by atoms with van der Waals surface area (Å²) in [6.07, 6.45) is 1.71. The third-order valence-corrected chi connectivity index (χ3v) is 2.88. The highest BCUT2D eigenvalue weighted by Gasteiger charge is 2.21. The van der Waals surface area contributed by atoms with Gasteiger partial charge in [0.25, 0.3) is 0 Å². The van der Waals surface area contributed by atoms with Gasteiger partial charge in [0.15, 0.2) is 0 Å². The van der Waals surface area contributed by atoms with Crippen LogP contribution in [0.3, 0.4) is 0 Å². The minimum atomic E-state index is -0.739. The minimum absolute atomic E-state index is 0.0452. The van der Waals surface area contributed by atoms with Crippen LogP contribution in [0.2, 0.25) is 0 Å². The molecule has 0 atom stereocenters. The van der Waals surface area contributed by atoms with Crippen molar-refractivity contribution in [1.29, 1.82) is 0 Å². The molecule has 0 saturated heterocycles. The van der Waals surface area contributed by atoms with Gasteiger partial charge in [0.2, 0.25) is 5.88 Å². The number of nitrogens with two attached hydrogens (primary N) is 1. The second-order valence-electron chi connectivity index (χ2n) is 4.27. The summed E-state index contributed by atoms with van der Waals surface area (Å²) in [5, 5.41) is 7.97. The van der Waals surface area contributed by atoms with Gasteiger partial charge < -0.3 is 10.3 Å². The van der Waals surface area contributed by atoms with Gasteiger partial charge in [-0.15, -0.1) is 0 Å². The fourth-order valence-electron chi connectivity index (χ4n) is 1.97. The zero-order chi connectivity index (χ0) is 14.3. The van der Waals surface area contributed by atoms with Gasteiger partial charge in [-0.1, -0.05) is 5.16 Å². The molecule has 0 aliphatic rings. The lowest BCUT2D eigenvalue weighted by atomic mass is 10.0. The van der Waals surface area contributed by atoms with Crippen molar-refractivity contribution in [2.24, 2.45) is 7.05 Å². The Morgan fingerprint density at radius 1 is 1.25 bits per heavy atom. The molecule has 0 bridgehead atoms. The molecule has 1 aromatic carbocycles. The first kappa shape index (κ1) is 12.3. The van der Waals surface area contributed by atoms with E-state index in [1.54, 1.807) is 24.0 Å². The molecule has 0 unspecified atom stereocenters. The number of anilines is 1. The Morgan fingerprint density at radius 3 is 2.70 bits per heavy atom. The van der Waals surface area contributed by atoms with Crippen molar-refractivity contribution in [2.45, 2.75) is 0 Å². The first-order valence-corrected chi connectivity index (χ1v) is 5.77. The molecule has 2 N–H and O–H groups in total. The third-order valence-electron chi connectivity index (χ3n) is 2.88. The van der Waals surface area contributed by atoms with Crippen LogP contribution >= 0.6 is 0 Å². The van der Waals surface area contributed by atoms with Crippen LogP contribution in [0.5, 0.6) is 0 Å². The number of nitrogen functional groups attached to an aromatic ring is 1. The number of aromatic nitrogens is 3. The first-order valence-electron chi connectivity index (χ1n) is 5.77. The molecule has 7 heteroatoms. The Kier molecular flexibility index (Phi) is 2.74. The topological polar surface area (TPSA) is 69.9 Å². The number of nitrogens with zero attached hydrogens (tertiary/aromatic N) is 3. The summed E-state index contributed by atoms with van der Waals surface area (Å²) >= 11 is 0. The van der Waals surface area contributed by atoms with E-state index in [1.165, 1.54) is 6.07 Å². The van der Waals surface area contributed by atoms with Gasteiger partial charge in [-0.2, -0.15) is 5.10 Å². The van der Waals surface area contributed by atoms with E-state index in [4.69, 9.17) is 10.3 Å². The predicted molar refractivity (Wildman–Crippen MR) is 68.5 cm³/mol. The summed E-state index contributed by atoms with van der Waals surface area (Å²) in [7, 11) is 1.74. The highest BCUT2D eigenvalue weighted by molar-refractivity contribution is 5.85. The van der Waals surface area contributed by atoms with Gasteiger partial charge in [-0.05, 0) is 18.2 Å². The van der Waals surface area contributed by atoms with E-state index in [2.05, 4.69) is 10.3 Å². The van der Waals surface area contributed by atoms with Crippen LogP contribution in [0, 0.1) is 11.6 Å². The monoisotopic (exact) mass is 276 g/mol. The summed E-state index contributed by atoms with van der Waals surface area (Å²) < 4.78 is 33.4. The first-order chi connectivity index (χ1) is 9.56. The molecule has 0 radical (unpaired) electrons. The van der Waals surface area contributed by atoms with Crippen LogP contribution in [-0.2, 0) is 7.05 Å². The number of halogens is 2. The van der Waals surface area contributed by atoms with E-state index in [1.807, 2.05) is 0 Å². The van der Waals surface area contributed by atoms with Crippen molar-refractivity contribution in [3.05, 3.63) is 42.1 Å². The van der Waals surface area contributed by atoms with Crippen LogP contribution < -0.4 is 5.73 Å². The standard InChI is InChI=1S/C13H10F2N4O/c1-19-5-4-10(17-19)12-11(13(16)20-18-12)8-3-2-7(14)6-9(8)15/h2-6H,16H2,1H3. The van der Waals surface area contributed by atoms with Gasteiger partial charge in [0.1, 0.15) is 23.0 Å². The van der Waals surface area contributed by atoms with Crippen molar-refractivity contribution in [3.63, 3.8) is 0 Å². The summed E-state index contributed by atoms with van der Waals surface area (Å²) in [6.45, 7) is 0. The van der Waals surface area contributed by atoms with E-state index in [9.17, 15) is 8.78 Å². The zero-order valence-corrected chi connectivity index (χ0v) is 10.5. The number of hydrogen-bond donors (Lipinski definition) is 1. The predicted octanol–water partition coefficient (Wildman–Crippen LogP) is 2.60. The lowest BCUT2D eigenvalue weighted by Gasteiger charge is -2.03. The van der Waals surface area contributed by atoms with Crippen molar-refractivity contribution in [1.82, 2.24) is 14.9 Å². The summed E-state index contributed by atoms with van der Waals surface area (Å²) in [6, 6.07) is 4.92. The maximum Gasteiger partial charge on any atom is 0.230 e. The number of rotatable bonds is 2. The Labute approximate surface area is 112 Å². The second-order valence-corrected chi connectivity index (χ2v) is 4.27. The molecule has 3 rings (SSSR count). The van der Waals surface area contributed by atoms with Crippen LogP contribution in [0.1, 0.15) is 0 Å². The van der Waals surface area contributed by atoms with Gasteiger partial charge in [0, 0.05) is 24.9 Å². The largest absolute Gasteiger partial charge is 0.367 e. The van der Waals surface area contributed by atoms with Crippen LogP contribution in [-0.4, -0.2) is 14.9 Å². The zero-order valence-electron chi connectivity index (χ0n) is 10.5. The normalized spacial score (nSPS) is 10.9. The number of hydrogen-bond acceptors (Lipinski definition) is 4. The summed E-state index contributed by atoms with van der Waals surface area (Å²) in [5.74, 6) is -1.45. The molecule has 2 aromatic heterocycles. The van der Waals surface area contributed by atoms with Gasteiger partial charge in [-0.25, -0.2) is 8.78 Å². The maximum absolute atomic E-state index is 13.9. The number of aryl methyl sites for hydroxylation is 1. The molecular formula is C13H10F2N4O. The average molecular weight is 276 g/mol. The molecule has 0 aliphatic carbocycles. The maximum atomic E-state index is 13.9. The molecule has 3 aromatic rings. The lowest BCUT2D eigenvalue weighted by Crippen LogP contribution is -1.93. The van der Waals surface area contributed by atoms with Gasteiger partial charge in [-0.3, -0.25) is 4.68 Å². The summed E-state index contributed by atoms with van der Waals surface area (Å²) in [4.78, 5) is 0. The molecule has 5 nitrogen and oxygen atoms in total. The fourth-order valence-corrected chi connectivity index (χ4v) is 1.97. The molecule has 2 heterocycles. The van der Waals surface area contributed by atoms with E-state index in [0.717, 1.165) is 12.1 Å². The van der Waals surface area contributed by atoms with E-state index >= 15 is 0 Å². The van der Waals surface area contributed by atoms with Gasteiger partial charge in [0.05, 0.1) is 5.56 Å². The van der Waals surface area contributed by atoms with Crippen LogP contribution in [0.15, 0.2) is 35.0 Å². The Balaban J connectivity index is 2.21. The Morgan fingerprint density at radius 2 is 2.05 bits per heavy atom. The van der Waals surface area contributed by atoms with E-state index in [-0.39, 0.29) is 17.0 Å². The molecule has 0 saturated carbocycles. The Bertz CT molecular complexity index is 779. The number of benzene rings is 1. The minimum Gasteiger partial charge on any atom is -0.367 e. The molecule has 0 fully saturated rings. The smallest absolute Gasteiger partial charge is 0.230 e. The third kappa shape index (κ3) is 1.93. The van der Waals surface area contributed by atoms with Crippen LogP contribution in [0.25, 0.3) is 22.5 Å². The molecule has 20 heavy (non-hydrogen) atoms. The van der Waals surface area contributed by atoms with E-state index in [0.29, 0.717) is 11.4 Å². The van der Waals surface area contributed by atoms with Crippen molar-refractivity contribution < 1.29 is 13.3 Å². The molecule has 0 spiro atoms. The fraction of sp³-hybridized carbons (Fsp3) is 0.0769. The van der Waals surface area contributed by atoms with Crippen molar-refractivity contribution in [2.75, 3.05) is 5.73 Å². The molecule has 0 amide bonds.